The summed E-state index contributed by atoms with van der Waals surface area (Å²) in [6, 6.07) is 10.2. The third-order valence-electron chi connectivity index (χ3n) is 3.63. The second-order valence-electron chi connectivity index (χ2n) is 5.62. The Morgan fingerprint density at radius 1 is 1.08 bits per heavy atom. The molecule has 0 atom stereocenters. The molecule has 0 bridgehead atoms. The van der Waals surface area contributed by atoms with Crippen molar-refractivity contribution in [1.29, 1.82) is 0 Å². The lowest BCUT2D eigenvalue weighted by molar-refractivity contribution is 0.0936. The van der Waals surface area contributed by atoms with Gasteiger partial charge in [0, 0.05) is 30.7 Å². The number of benzene rings is 1. The second kappa shape index (κ2) is 7.93. The maximum atomic E-state index is 11.9. The quantitative estimate of drug-likeness (QED) is 0.624. The molecule has 1 aromatic carbocycles. The zero-order valence-electron chi connectivity index (χ0n) is 14.1. The average molecular weight is 350 g/mol. The fraction of sp³-hybridized carbons (Fsp3) is 0.111. The molecule has 0 saturated carbocycles. The van der Waals surface area contributed by atoms with Crippen molar-refractivity contribution in [3.63, 3.8) is 0 Å². The fourth-order valence-corrected chi connectivity index (χ4v) is 2.19. The summed E-state index contributed by atoms with van der Waals surface area (Å²) in [5.74, 6) is 0.354. The first-order valence-electron chi connectivity index (χ1n) is 7.96. The number of pyridine rings is 1. The Kier molecular flexibility index (Phi) is 5.23. The van der Waals surface area contributed by atoms with Crippen molar-refractivity contribution in [2.45, 2.75) is 13.5 Å². The van der Waals surface area contributed by atoms with Crippen LogP contribution in [0.3, 0.4) is 0 Å². The van der Waals surface area contributed by atoms with Gasteiger partial charge in [-0.25, -0.2) is 20.2 Å². The number of carbonyl (C=O) groups excluding carboxylic acids is 2. The minimum absolute atomic E-state index is 0.281. The van der Waals surface area contributed by atoms with Crippen molar-refractivity contribution in [3.05, 3.63) is 78.0 Å². The van der Waals surface area contributed by atoms with Crippen LogP contribution in [-0.2, 0) is 6.54 Å². The number of aryl methyl sites for hydroxylation is 1. The van der Waals surface area contributed by atoms with Crippen LogP contribution in [0.1, 0.15) is 21.5 Å². The Morgan fingerprint density at radius 2 is 1.88 bits per heavy atom. The summed E-state index contributed by atoms with van der Waals surface area (Å²) in [6.07, 6.45) is 6.79. The Morgan fingerprint density at radius 3 is 2.54 bits per heavy atom. The third kappa shape index (κ3) is 4.44. The number of carbonyl (C=O) groups is 2. The molecule has 0 saturated heterocycles. The minimum atomic E-state index is -0.510. The highest BCUT2D eigenvalue weighted by molar-refractivity contribution is 5.95. The molecule has 0 aliphatic rings. The summed E-state index contributed by atoms with van der Waals surface area (Å²) in [5.41, 5.74) is 7.02. The van der Waals surface area contributed by atoms with Crippen LogP contribution in [0.2, 0.25) is 0 Å². The maximum absolute atomic E-state index is 11.9. The number of hydrogen-bond acceptors (Lipinski definition) is 4. The summed E-state index contributed by atoms with van der Waals surface area (Å²) < 4.78 is 1.78. The summed E-state index contributed by atoms with van der Waals surface area (Å²) in [7, 11) is 0. The molecular weight excluding hydrogens is 332 g/mol. The predicted octanol–water partition coefficient (Wildman–Crippen LogP) is 1.72. The number of urea groups is 1. The Balaban J connectivity index is 1.45. The van der Waals surface area contributed by atoms with Crippen LogP contribution < -0.4 is 16.2 Å². The molecule has 0 aliphatic heterocycles. The number of hydrogen-bond donors (Lipinski definition) is 3. The molecule has 8 nitrogen and oxygen atoms in total. The van der Waals surface area contributed by atoms with Crippen LogP contribution in [0.5, 0.6) is 0 Å². The van der Waals surface area contributed by atoms with Crippen LogP contribution in [0, 0.1) is 6.92 Å². The minimum Gasteiger partial charge on any atom is -0.333 e. The van der Waals surface area contributed by atoms with Crippen LogP contribution in [0.25, 0.3) is 5.82 Å². The lowest BCUT2D eigenvalue weighted by Gasteiger charge is -2.09. The number of amides is 3. The normalized spacial score (nSPS) is 10.2. The summed E-state index contributed by atoms with van der Waals surface area (Å²) >= 11 is 0. The van der Waals surface area contributed by atoms with E-state index < -0.39 is 6.03 Å². The van der Waals surface area contributed by atoms with Gasteiger partial charge >= 0.3 is 6.03 Å². The van der Waals surface area contributed by atoms with E-state index in [4.69, 9.17) is 0 Å². The molecular formula is C18H18N6O2. The smallest absolute Gasteiger partial charge is 0.333 e. The first-order valence-corrected chi connectivity index (χ1v) is 7.96. The highest BCUT2D eigenvalue weighted by atomic mass is 16.2. The van der Waals surface area contributed by atoms with Gasteiger partial charge in [0.15, 0.2) is 0 Å². The fourth-order valence-electron chi connectivity index (χ4n) is 2.19. The Bertz CT molecular complexity index is 873. The van der Waals surface area contributed by atoms with E-state index >= 15 is 0 Å². The molecule has 0 spiro atoms. The largest absolute Gasteiger partial charge is 0.333 e. The van der Waals surface area contributed by atoms with Gasteiger partial charge in [0.25, 0.3) is 5.91 Å². The van der Waals surface area contributed by atoms with Crippen molar-refractivity contribution in [2.75, 3.05) is 0 Å². The summed E-state index contributed by atoms with van der Waals surface area (Å²) in [6.45, 7) is 2.22. The molecule has 0 radical (unpaired) electrons. The van der Waals surface area contributed by atoms with Crippen LogP contribution in [0.4, 0.5) is 4.79 Å². The lowest BCUT2D eigenvalue weighted by atomic mass is 10.1. The van der Waals surface area contributed by atoms with E-state index in [-0.39, 0.29) is 12.5 Å². The van der Waals surface area contributed by atoms with Crippen LogP contribution >= 0.6 is 0 Å². The number of nitrogens with zero attached hydrogens (tertiary/aromatic N) is 3. The second-order valence-corrected chi connectivity index (χ2v) is 5.62. The van der Waals surface area contributed by atoms with Gasteiger partial charge < -0.3 is 5.32 Å². The molecule has 0 unspecified atom stereocenters. The number of imidazole rings is 1. The van der Waals surface area contributed by atoms with E-state index in [1.165, 1.54) is 0 Å². The average Bonchev–Trinajstić information content (AvgIpc) is 3.20. The molecule has 132 valence electrons. The Labute approximate surface area is 150 Å². The number of hydrazine groups is 1. The molecule has 2 aromatic heterocycles. The molecule has 3 N–H and O–H groups in total. The zero-order chi connectivity index (χ0) is 18.4. The highest BCUT2D eigenvalue weighted by Crippen LogP contribution is 2.05. The summed E-state index contributed by atoms with van der Waals surface area (Å²) in [4.78, 5) is 32.0. The zero-order valence-corrected chi connectivity index (χ0v) is 14.1. The predicted molar refractivity (Wildman–Crippen MR) is 95.4 cm³/mol. The van der Waals surface area contributed by atoms with Gasteiger partial charge in [-0.15, -0.1) is 0 Å². The van der Waals surface area contributed by atoms with Gasteiger partial charge in [-0.1, -0.05) is 23.8 Å². The summed E-state index contributed by atoms with van der Waals surface area (Å²) in [5, 5.41) is 2.65. The first kappa shape index (κ1) is 17.2. The molecule has 8 heteroatoms. The van der Waals surface area contributed by atoms with E-state index in [2.05, 4.69) is 26.1 Å². The number of nitrogens with one attached hydrogen (secondary N) is 3. The Hall–Kier alpha value is -3.68. The van der Waals surface area contributed by atoms with E-state index in [1.54, 1.807) is 41.6 Å². The molecule has 3 aromatic rings. The monoisotopic (exact) mass is 350 g/mol. The van der Waals surface area contributed by atoms with Crippen LogP contribution in [0.15, 0.2) is 61.3 Å². The van der Waals surface area contributed by atoms with Gasteiger partial charge in [-0.3, -0.25) is 14.8 Å². The van der Waals surface area contributed by atoms with E-state index in [0.717, 1.165) is 16.9 Å². The number of rotatable bonds is 4. The van der Waals surface area contributed by atoms with Gasteiger partial charge in [0.2, 0.25) is 0 Å². The van der Waals surface area contributed by atoms with Crippen LogP contribution in [-0.4, -0.2) is 26.5 Å². The highest BCUT2D eigenvalue weighted by Gasteiger charge is 2.07. The van der Waals surface area contributed by atoms with Gasteiger partial charge in [-0.2, -0.15) is 0 Å². The van der Waals surface area contributed by atoms with Gasteiger partial charge in [-0.05, 0) is 30.7 Å². The molecule has 3 rings (SSSR count). The first-order chi connectivity index (χ1) is 12.6. The van der Waals surface area contributed by atoms with Crippen molar-refractivity contribution in [1.82, 2.24) is 30.7 Å². The van der Waals surface area contributed by atoms with Crippen molar-refractivity contribution in [2.24, 2.45) is 0 Å². The molecule has 2 heterocycles. The van der Waals surface area contributed by atoms with Crippen molar-refractivity contribution < 1.29 is 9.59 Å². The number of aromatic nitrogens is 3. The lowest BCUT2D eigenvalue weighted by Crippen LogP contribution is -2.46. The molecule has 0 aliphatic carbocycles. The van der Waals surface area contributed by atoms with E-state index in [9.17, 15) is 9.59 Å². The van der Waals surface area contributed by atoms with E-state index in [0.29, 0.717) is 5.56 Å². The molecule has 3 amide bonds. The molecule has 26 heavy (non-hydrogen) atoms. The van der Waals surface area contributed by atoms with E-state index in [1.807, 2.05) is 31.2 Å². The maximum Gasteiger partial charge on any atom is 0.333 e. The molecule has 0 fully saturated rings. The van der Waals surface area contributed by atoms with Gasteiger partial charge in [0.1, 0.15) is 12.1 Å². The van der Waals surface area contributed by atoms with Gasteiger partial charge in [0.05, 0.1) is 0 Å². The third-order valence-corrected chi connectivity index (χ3v) is 3.63. The standard InChI is InChI=1S/C18H18N6O2/c1-13-2-5-15(6-3-13)17(25)22-23-18(26)21-11-14-4-7-16(20-10-14)24-9-8-19-12-24/h2-10,12H,11H2,1H3,(H,22,25)(H2,21,23,26). The SMILES string of the molecule is Cc1ccc(C(=O)NNC(=O)NCc2ccc(-n3ccnc3)nc2)cc1. The van der Waals surface area contributed by atoms with Crippen molar-refractivity contribution in [3.8, 4) is 5.82 Å². The van der Waals surface area contributed by atoms with Crippen molar-refractivity contribution >= 4 is 11.9 Å². The topological polar surface area (TPSA) is 101 Å².